The lowest BCUT2D eigenvalue weighted by Crippen LogP contribution is -2.41. The topological polar surface area (TPSA) is 47.5 Å². The minimum absolute atomic E-state index is 0.123. The van der Waals surface area contributed by atoms with Crippen LogP contribution < -0.4 is 0 Å². The molecule has 4 rings (SSSR count). The molecule has 4 heterocycles. The molecule has 2 aromatic heterocycles. The minimum atomic E-state index is 0.123. The van der Waals surface area contributed by atoms with Crippen LogP contribution in [0.15, 0.2) is 49.1 Å². The second-order valence-electron chi connectivity index (χ2n) is 6.54. The molecule has 0 aromatic carbocycles. The number of aromatic nitrogens is 2. The number of ether oxygens (including phenoxy) is 2. The number of rotatable bonds is 5. The highest BCUT2D eigenvalue weighted by atomic mass is 16.5. The van der Waals surface area contributed by atoms with E-state index >= 15 is 0 Å². The SMILES string of the molecule is c1cncc(CO[C@@H]2CN(Cc3ccncc3)[C@@H]3CCCO[C@@H]32)c1. The number of fused-ring (bicyclic) bond motifs is 1. The van der Waals surface area contributed by atoms with Crippen molar-refractivity contribution < 1.29 is 9.47 Å². The summed E-state index contributed by atoms with van der Waals surface area (Å²) in [6.07, 6.45) is 9.98. The first-order chi connectivity index (χ1) is 11.9. The van der Waals surface area contributed by atoms with Crippen molar-refractivity contribution in [1.82, 2.24) is 14.9 Å². The maximum atomic E-state index is 6.21. The van der Waals surface area contributed by atoms with Gasteiger partial charge in [-0.15, -0.1) is 0 Å². The number of nitrogens with zero attached hydrogens (tertiary/aromatic N) is 3. The van der Waals surface area contributed by atoms with Crippen LogP contribution in [0, 0.1) is 0 Å². The van der Waals surface area contributed by atoms with Crippen LogP contribution in [0.25, 0.3) is 0 Å². The molecule has 126 valence electrons. The molecule has 0 spiro atoms. The van der Waals surface area contributed by atoms with E-state index in [9.17, 15) is 0 Å². The lowest BCUT2D eigenvalue weighted by atomic mass is 10.0. The van der Waals surface area contributed by atoms with Gasteiger partial charge in [-0.3, -0.25) is 14.9 Å². The zero-order valence-corrected chi connectivity index (χ0v) is 13.8. The van der Waals surface area contributed by atoms with Crippen LogP contribution in [0.3, 0.4) is 0 Å². The van der Waals surface area contributed by atoms with E-state index in [4.69, 9.17) is 9.47 Å². The Balaban J connectivity index is 1.43. The van der Waals surface area contributed by atoms with Crippen molar-refractivity contribution in [2.45, 2.75) is 44.2 Å². The summed E-state index contributed by atoms with van der Waals surface area (Å²) >= 11 is 0. The average molecular weight is 325 g/mol. The van der Waals surface area contributed by atoms with Crippen LogP contribution in [0.2, 0.25) is 0 Å². The average Bonchev–Trinajstić information content (AvgIpc) is 3.00. The molecule has 0 aliphatic carbocycles. The number of hydrogen-bond donors (Lipinski definition) is 0. The highest BCUT2D eigenvalue weighted by Gasteiger charge is 2.44. The fraction of sp³-hybridized carbons (Fsp3) is 0.474. The summed E-state index contributed by atoms with van der Waals surface area (Å²) in [5.74, 6) is 0. The number of hydrogen-bond acceptors (Lipinski definition) is 5. The molecule has 2 saturated heterocycles. The third-order valence-electron chi connectivity index (χ3n) is 4.91. The van der Waals surface area contributed by atoms with Gasteiger partial charge in [0.05, 0.1) is 12.7 Å². The lowest BCUT2D eigenvalue weighted by molar-refractivity contribution is -0.0819. The Morgan fingerprint density at radius 3 is 2.88 bits per heavy atom. The summed E-state index contributed by atoms with van der Waals surface area (Å²) in [5, 5.41) is 0. The standard InChI is InChI=1S/C19H23N3O2/c1-3-16(11-21-7-1)14-24-18-13-22(12-15-5-8-20-9-6-15)17-4-2-10-23-19(17)18/h1,3,5-9,11,17-19H,2,4,10,12-14H2/t17-,18-,19+/m1/s1. The Labute approximate surface area is 142 Å². The Bertz CT molecular complexity index is 638. The molecule has 0 N–H and O–H groups in total. The highest BCUT2D eigenvalue weighted by Crippen LogP contribution is 2.32. The molecule has 5 heteroatoms. The fourth-order valence-electron chi connectivity index (χ4n) is 3.74. The molecule has 2 fully saturated rings. The van der Waals surface area contributed by atoms with E-state index in [-0.39, 0.29) is 12.2 Å². The molecule has 2 aromatic rings. The van der Waals surface area contributed by atoms with E-state index in [0.717, 1.165) is 31.7 Å². The van der Waals surface area contributed by atoms with E-state index in [1.54, 1.807) is 6.20 Å². The zero-order valence-electron chi connectivity index (χ0n) is 13.8. The second-order valence-corrected chi connectivity index (χ2v) is 6.54. The Morgan fingerprint density at radius 1 is 1.12 bits per heavy atom. The van der Waals surface area contributed by atoms with Crippen molar-refractivity contribution in [1.29, 1.82) is 0 Å². The molecule has 24 heavy (non-hydrogen) atoms. The molecule has 5 nitrogen and oxygen atoms in total. The van der Waals surface area contributed by atoms with Crippen LogP contribution in [0.1, 0.15) is 24.0 Å². The van der Waals surface area contributed by atoms with E-state index in [1.807, 2.05) is 24.7 Å². The van der Waals surface area contributed by atoms with Crippen molar-refractivity contribution in [2.75, 3.05) is 13.2 Å². The zero-order chi connectivity index (χ0) is 16.2. The van der Waals surface area contributed by atoms with Gasteiger partial charge >= 0.3 is 0 Å². The van der Waals surface area contributed by atoms with Crippen molar-refractivity contribution in [3.8, 4) is 0 Å². The van der Waals surface area contributed by atoms with E-state index < -0.39 is 0 Å². The summed E-state index contributed by atoms with van der Waals surface area (Å²) in [4.78, 5) is 10.8. The molecule has 2 aliphatic rings. The van der Waals surface area contributed by atoms with Crippen LogP contribution in [0.5, 0.6) is 0 Å². The van der Waals surface area contributed by atoms with Crippen LogP contribution in [-0.2, 0) is 22.6 Å². The van der Waals surface area contributed by atoms with Crippen molar-refractivity contribution in [3.63, 3.8) is 0 Å². The normalized spacial score (nSPS) is 27.1. The van der Waals surface area contributed by atoms with E-state index in [2.05, 4.69) is 33.1 Å². The Hall–Kier alpha value is -1.82. The van der Waals surface area contributed by atoms with Crippen molar-refractivity contribution >= 4 is 0 Å². The van der Waals surface area contributed by atoms with Crippen LogP contribution in [0.4, 0.5) is 0 Å². The lowest BCUT2D eigenvalue weighted by Gasteiger charge is -2.32. The van der Waals surface area contributed by atoms with Gasteiger partial charge in [-0.25, -0.2) is 0 Å². The van der Waals surface area contributed by atoms with Crippen molar-refractivity contribution in [3.05, 3.63) is 60.2 Å². The molecular formula is C19H23N3O2. The van der Waals surface area contributed by atoms with Gasteiger partial charge in [0.15, 0.2) is 0 Å². The monoisotopic (exact) mass is 325 g/mol. The molecule has 0 radical (unpaired) electrons. The summed E-state index contributed by atoms with van der Waals surface area (Å²) in [6.45, 7) is 3.28. The second kappa shape index (κ2) is 7.38. The highest BCUT2D eigenvalue weighted by molar-refractivity contribution is 5.12. The van der Waals surface area contributed by atoms with Gasteiger partial charge in [-0.05, 0) is 42.2 Å². The molecule has 0 amide bonds. The molecule has 0 unspecified atom stereocenters. The van der Waals surface area contributed by atoms with Gasteiger partial charge in [0.25, 0.3) is 0 Å². The maximum Gasteiger partial charge on any atom is 0.100 e. The third-order valence-corrected chi connectivity index (χ3v) is 4.91. The smallest absolute Gasteiger partial charge is 0.100 e. The molecule has 0 bridgehead atoms. The number of pyridine rings is 2. The Morgan fingerprint density at radius 2 is 2.04 bits per heavy atom. The maximum absolute atomic E-state index is 6.21. The molecule has 0 saturated carbocycles. The third kappa shape index (κ3) is 3.48. The molecule has 3 atom stereocenters. The summed E-state index contributed by atoms with van der Waals surface area (Å²) < 4.78 is 12.3. The van der Waals surface area contributed by atoms with Gasteiger partial charge in [-0.2, -0.15) is 0 Å². The van der Waals surface area contributed by atoms with Crippen molar-refractivity contribution in [2.24, 2.45) is 0 Å². The van der Waals surface area contributed by atoms with Gasteiger partial charge < -0.3 is 9.47 Å². The van der Waals surface area contributed by atoms with E-state index in [1.165, 1.54) is 12.0 Å². The van der Waals surface area contributed by atoms with Crippen LogP contribution in [-0.4, -0.2) is 46.3 Å². The van der Waals surface area contributed by atoms with Gasteiger partial charge in [0.2, 0.25) is 0 Å². The summed E-state index contributed by atoms with van der Waals surface area (Å²) in [7, 11) is 0. The van der Waals surface area contributed by atoms with Gasteiger partial charge in [0, 0.05) is 50.5 Å². The molecular weight excluding hydrogens is 302 g/mol. The quantitative estimate of drug-likeness (QED) is 0.845. The Kier molecular flexibility index (Phi) is 4.83. The fourth-order valence-corrected chi connectivity index (χ4v) is 3.74. The first-order valence-corrected chi connectivity index (χ1v) is 8.65. The predicted molar refractivity (Wildman–Crippen MR) is 90.2 cm³/mol. The first-order valence-electron chi connectivity index (χ1n) is 8.65. The predicted octanol–water partition coefficient (Wildman–Crippen LogP) is 2.43. The first kappa shape index (κ1) is 15.7. The summed E-state index contributed by atoms with van der Waals surface area (Å²) in [6, 6.07) is 8.62. The van der Waals surface area contributed by atoms with E-state index in [0.29, 0.717) is 12.6 Å². The minimum Gasteiger partial charge on any atom is -0.374 e. The summed E-state index contributed by atoms with van der Waals surface area (Å²) in [5.41, 5.74) is 2.40. The van der Waals surface area contributed by atoms with Gasteiger partial charge in [0.1, 0.15) is 6.10 Å². The number of likely N-dealkylation sites (tertiary alicyclic amines) is 1. The van der Waals surface area contributed by atoms with Crippen LogP contribution >= 0.6 is 0 Å². The molecule has 2 aliphatic heterocycles. The van der Waals surface area contributed by atoms with Gasteiger partial charge in [-0.1, -0.05) is 6.07 Å². The largest absolute Gasteiger partial charge is 0.374 e.